The van der Waals surface area contributed by atoms with Gasteiger partial charge < -0.3 is 23.7 Å². The van der Waals surface area contributed by atoms with Crippen molar-refractivity contribution in [3.8, 4) is 16.9 Å². The van der Waals surface area contributed by atoms with Crippen LogP contribution in [0.1, 0.15) is 23.2 Å². The SMILES string of the molecule is O=C1C[C@H]2[C@@H](/C=C/C3(COc4ccccc4)OCCO3)[C@H](OC(=O)c3ccc(-c4ccccc4)cc3)C[C@@H]2O1. The molecule has 1 saturated carbocycles. The number of carbonyl (C=O) groups is 2. The Morgan fingerprint density at radius 3 is 2.28 bits per heavy atom. The molecule has 4 atom stereocenters. The highest BCUT2D eigenvalue weighted by atomic mass is 16.8. The molecule has 3 aliphatic rings. The number of ether oxygens (including phenoxy) is 5. The molecule has 2 heterocycles. The van der Waals surface area contributed by atoms with Crippen LogP contribution in [0.5, 0.6) is 5.75 Å². The van der Waals surface area contributed by atoms with Crippen LogP contribution in [0.15, 0.2) is 97.1 Å². The fourth-order valence-electron chi connectivity index (χ4n) is 5.58. The highest BCUT2D eigenvalue weighted by molar-refractivity contribution is 5.90. The van der Waals surface area contributed by atoms with Gasteiger partial charge >= 0.3 is 11.9 Å². The fraction of sp³-hybridized carbons (Fsp3) is 0.312. The van der Waals surface area contributed by atoms with Gasteiger partial charge in [0, 0.05) is 18.3 Å². The Morgan fingerprint density at radius 2 is 1.56 bits per heavy atom. The third-order valence-corrected chi connectivity index (χ3v) is 7.57. The molecule has 0 bridgehead atoms. The summed E-state index contributed by atoms with van der Waals surface area (Å²) in [6.45, 7) is 1.05. The minimum atomic E-state index is -1.06. The number of hydrogen-bond acceptors (Lipinski definition) is 7. The van der Waals surface area contributed by atoms with Crippen molar-refractivity contribution in [1.82, 2.24) is 0 Å². The lowest BCUT2D eigenvalue weighted by molar-refractivity contribution is -0.141. The van der Waals surface area contributed by atoms with Gasteiger partial charge in [-0.25, -0.2) is 4.79 Å². The quantitative estimate of drug-likeness (QED) is 0.295. The zero-order valence-electron chi connectivity index (χ0n) is 21.4. The van der Waals surface area contributed by atoms with E-state index in [1.165, 1.54) is 0 Å². The largest absolute Gasteiger partial charge is 0.488 e. The van der Waals surface area contributed by atoms with Gasteiger partial charge in [-0.15, -0.1) is 0 Å². The van der Waals surface area contributed by atoms with E-state index < -0.39 is 17.9 Å². The number of fused-ring (bicyclic) bond motifs is 1. The molecule has 1 aliphatic carbocycles. The molecule has 2 saturated heterocycles. The first kappa shape index (κ1) is 25.3. The molecule has 0 aromatic heterocycles. The lowest BCUT2D eigenvalue weighted by atomic mass is 9.91. The van der Waals surface area contributed by atoms with E-state index in [0.29, 0.717) is 30.9 Å². The Bertz CT molecular complexity index is 1310. The van der Waals surface area contributed by atoms with Crippen LogP contribution >= 0.6 is 0 Å². The molecule has 200 valence electrons. The normalized spacial score (nSPS) is 25.4. The summed E-state index contributed by atoms with van der Waals surface area (Å²) in [4.78, 5) is 25.2. The van der Waals surface area contributed by atoms with Crippen molar-refractivity contribution in [1.29, 1.82) is 0 Å². The monoisotopic (exact) mass is 526 g/mol. The summed E-state index contributed by atoms with van der Waals surface area (Å²) < 4.78 is 29.4. The summed E-state index contributed by atoms with van der Waals surface area (Å²) in [6.07, 6.45) is 3.80. The molecule has 0 unspecified atom stereocenters. The molecule has 7 heteroatoms. The van der Waals surface area contributed by atoms with Gasteiger partial charge in [0.05, 0.1) is 25.2 Å². The molecule has 3 fully saturated rings. The highest BCUT2D eigenvalue weighted by Gasteiger charge is 2.51. The maximum absolute atomic E-state index is 13.1. The van der Waals surface area contributed by atoms with Crippen LogP contribution in [0.4, 0.5) is 0 Å². The zero-order chi connectivity index (χ0) is 26.7. The van der Waals surface area contributed by atoms with Crippen molar-refractivity contribution < 1.29 is 33.3 Å². The van der Waals surface area contributed by atoms with E-state index in [2.05, 4.69) is 0 Å². The van der Waals surface area contributed by atoms with Crippen LogP contribution in [0.2, 0.25) is 0 Å². The summed E-state index contributed by atoms with van der Waals surface area (Å²) in [5.74, 6) is -1.28. The van der Waals surface area contributed by atoms with E-state index in [0.717, 1.165) is 11.1 Å². The summed E-state index contributed by atoms with van der Waals surface area (Å²) in [7, 11) is 0. The Balaban J connectivity index is 1.17. The van der Waals surface area contributed by atoms with Gasteiger partial charge in [0.25, 0.3) is 0 Å². The minimum absolute atomic E-state index is 0.0829. The number of para-hydroxylation sites is 1. The Morgan fingerprint density at radius 1 is 0.897 bits per heavy atom. The van der Waals surface area contributed by atoms with Crippen molar-refractivity contribution in [2.75, 3.05) is 19.8 Å². The summed E-state index contributed by atoms with van der Waals surface area (Å²) >= 11 is 0. The average Bonchev–Trinajstić information content (AvgIpc) is 3.67. The summed E-state index contributed by atoms with van der Waals surface area (Å²) in [5, 5.41) is 0. The zero-order valence-corrected chi connectivity index (χ0v) is 21.4. The van der Waals surface area contributed by atoms with Crippen molar-refractivity contribution >= 4 is 11.9 Å². The van der Waals surface area contributed by atoms with Gasteiger partial charge in [0.2, 0.25) is 5.79 Å². The van der Waals surface area contributed by atoms with Crippen LogP contribution in [0.3, 0.4) is 0 Å². The Kier molecular flexibility index (Phi) is 7.18. The van der Waals surface area contributed by atoms with E-state index in [9.17, 15) is 9.59 Å². The van der Waals surface area contributed by atoms with Crippen LogP contribution in [-0.2, 0) is 23.7 Å². The van der Waals surface area contributed by atoms with Crippen LogP contribution in [-0.4, -0.2) is 49.8 Å². The van der Waals surface area contributed by atoms with E-state index in [1.807, 2.05) is 84.9 Å². The van der Waals surface area contributed by atoms with E-state index in [4.69, 9.17) is 23.7 Å². The Labute approximate surface area is 227 Å². The number of esters is 2. The molecular formula is C32H30O7. The first-order valence-corrected chi connectivity index (χ1v) is 13.3. The predicted molar refractivity (Wildman–Crippen MR) is 143 cm³/mol. The van der Waals surface area contributed by atoms with Gasteiger partial charge in [-0.2, -0.15) is 0 Å². The van der Waals surface area contributed by atoms with Gasteiger partial charge in [0.1, 0.15) is 24.6 Å². The summed E-state index contributed by atoms with van der Waals surface area (Å²) in [6, 6.07) is 26.8. The second-order valence-corrected chi connectivity index (χ2v) is 10.1. The van der Waals surface area contributed by atoms with Gasteiger partial charge in [0.15, 0.2) is 0 Å². The van der Waals surface area contributed by atoms with Crippen molar-refractivity contribution in [2.24, 2.45) is 11.8 Å². The average molecular weight is 527 g/mol. The van der Waals surface area contributed by atoms with Crippen molar-refractivity contribution in [2.45, 2.75) is 30.8 Å². The molecule has 7 nitrogen and oxygen atoms in total. The van der Waals surface area contributed by atoms with Crippen LogP contribution in [0, 0.1) is 11.8 Å². The van der Waals surface area contributed by atoms with Gasteiger partial charge in [-0.1, -0.05) is 66.7 Å². The number of rotatable bonds is 8. The third-order valence-electron chi connectivity index (χ3n) is 7.57. The lowest BCUT2D eigenvalue weighted by Crippen LogP contribution is -2.36. The number of benzene rings is 3. The number of hydrogen-bond donors (Lipinski definition) is 0. The maximum Gasteiger partial charge on any atom is 0.338 e. The first-order valence-electron chi connectivity index (χ1n) is 13.3. The first-order chi connectivity index (χ1) is 19.1. The molecule has 3 aromatic rings. The van der Waals surface area contributed by atoms with Crippen molar-refractivity contribution in [3.05, 3.63) is 103 Å². The molecule has 0 radical (unpaired) electrons. The minimum Gasteiger partial charge on any atom is -0.488 e. The third kappa shape index (κ3) is 5.60. The molecule has 3 aromatic carbocycles. The molecule has 0 N–H and O–H groups in total. The standard InChI is InChI=1S/C32H30O7/c33-30-19-27-26(15-16-32(36-17-18-37-32)21-35-25-9-5-2-6-10-25)28(20-29(27)38-30)39-31(34)24-13-11-23(12-14-24)22-7-3-1-4-8-22/h1-16,26-29H,17-21H2/b16-15+/t26-,27+,28-,29+/m1/s1. The van der Waals surface area contributed by atoms with Gasteiger partial charge in [-0.05, 0) is 41.5 Å². The number of carbonyl (C=O) groups excluding carboxylic acids is 2. The highest BCUT2D eigenvalue weighted by Crippen LogP contribution is 2.44. The van der Waals surface area contributed by atoms with E-state index in [-0.39, 0.29) is 36.9 Å². The van der Waals surface area contributed by atoms with E-state index in [1.54, 1.807) is 12.1 Å². The predicted octanol–water partition coefficient (Wildman–Crippen LogP) is 5.21. The van der Waals surface area contributed by atoms with Crippen molar-refractivity contribution in [3.63, 3.8) is 0 Å². The molecule has 39 heavy (non-hydrogen) atoms. The topological polar surface area (TPSA) is 80.3 Å². The van der Waals surface area contributed by atoms with Crippen LogP contribution in [0.25, 0.3) is 11.1 Å². The lowest BCUT2D eigenvalue weighted by Gasteiger charge is -2.26. The van der Waals surface area contributed by atoms with Crippen LogP contribution < -0.4 is 4.74 Å². The van der Waals surface area contributed by atoms with Gasteiger partial charge in [-0.3, -0.25) is 4.79 Å². The van der Waals surface area contributed by atoms with E-state index >= 15 is 0 Å². The molecule has 0 amide bonds. The Hall–Kier alpha value is -3.94. The second-order valence-electron chi connectivity index (χ2n) is 10.1. The molecular weight excluding hydrogens is 496 g/mol. The summed E-state index contributed by atoms with van der Waals surface area (Å²) in [5.41, 5.74) is 2.58. The molecule has 6 rings (SSSR count). The molecule has 2 aliphatic heterocycles. The smallest absolute Gasteiger partial charge is 0.338 e. The second kappa shape index (κ2) is 11.0. The molecule has 0 spiro atoms. The fourth-order valence-corrected chi connectivity index (χ4v) is 5.58. The maximum atomic E-state index is 13.1.